The van der Waals surface area contributed by atoms with Crippen LogP contribution in [0.2, 0.25) is 5.02 Å². The average Bonchev–Trinajstić information content (AvgIpc) is 2.33. The van der Waals surface area contributed by atoms with Gasteiger partial charge in [-0.15, -0.1) is 0 Å². The van der Waals surface area contributed by atoms with Crippen molar-refractivity contribution >= 4 is 34.5 Å². The molecule has 0 aliphatic rings. The highest BCUT2D eigenvalue weighted by atomic mass is 35.5. The summed E-state index contributed by atoms with van der Waals surface area (Å²) in [7, 11) is 0. The third-order valence-electron chi connectivity index (χ3n) is 2.14. The molecule has 0 heterocycles. The molecular weight excluding hydrogens is 238 g/mol. The summed E-state index contributed by atoms with van der Waals surface area (Å²) in [5.41, 5.74) is 1.95. The van der Waals surface area contributed by atoms with Crippen LogP contribution in [0.4, 0.5) is 5.69 Å². The van der Waals surface area contributed by atoms with Crippen LogP contribution in [0.3, 0.4) is 0 Å². The highest BCUT2D eigenvalue weighted by molar-refractivity contribution is 7.81. The van der Waals surface area contributed by atoms with Crippen LogP contribution in [-0.2, 0) is 0 Å². The van der Waals surface area contributed by atoms with Gasteiger partial charge in [0.05, 0.1) is 0 Å². The van der Waals surface area contributed by atoms with E-state index in [1.54, 1.807) is 0 Å². The van der Waals surface area contributed by atoms with E-state index in [0.717, 1.165) is 16.3 Å². The van der Waals surface area contributed by atoms with Gasteiger partial charge in [0, 0.05) is 16.3 Å². The van der Waals surface area contributed by atoms with Crippen LogP contribution in [0.1, 0.15) is 5.56 Å². The first kappa shape index (κ1) is 11.1. The first-order valence-electron chi connectivity index (χ1n) is 4.88. The first-order chi connectivity index (χ1) is 7.75. The maximum Gasteiger partial charge on any atom is 0.110 e. The molecule has 80 valence electrons. The standard InChI is InChI=1S/C13H10ClNS/c14-11-6-8-12(9-7-11)15-13(16)10-4-2-1-3-5-10/h1-9H,(H,15,16). The Kier molecular flexibility index (Phi) is 3.54. The van der Waals surface area contributed by atoms with Crippen LogP contribution in [0.5, 0.6) is 0 Å². The van der Waals surface area contributed by atoms with Crippen molar-refractivity contribution in [3.8, 4) is 0 Å². The Balaban J connectivity index is 2.11. The zero-order valence-corrected chi connectivity index (χ0v) is 10.1. The quantitative estimate of drug-likeness (QED) is 0.801. The first-order valence-corrected chi connectivity index (χ1v) is 5.66. The summed E-state index contributed by atoms with van der Waals surface area (Å²) >= 11 is 11.1. The number of rotatable bonds is 2. The molecule has 0 aliphatic carbocycles. The van der Waals surface area contributed by atoms with E-state index in [9.17, 15) is 0 Å². The molecule has 0 atom stereocenters. The van der Waals surface area contributed by atoms with E-state index in [2.05, 4.69) is 5.32 Å². The van der Waals surface area contributed by atoms with Crippen LogP contribution in [0, 0.1) is 0 Å². The molecule has 0 saturated heterocycles. The minimum atomic E-state index is 0.711. The zero-order chi connectivity index (χ0) is 11.4. The van der Waals surface area contributed by atoms with Gasteiger partial charge in [0.15, 0.2) is 0 Å². The van der Waals surface area contributed by atoms with Crippen molar-refractivity contribution in [1.82, 2.24) is 0 Å². The van der Waals surface area contributed by atoms with Crippen molar-refractivity contribution in [3.05, 3.63) is 65.2 Å². The molecular formula is C13H10ClNS. The van der Waals surface area contributed by atoms with Gasteiger partial charge in [-0.2, -0.15) is 0 Å². The van der Waals surface area contributed by atoms with Gasteiger partial charge < -0.3 is 5.32 Å². The second-order valence-electron chi connectivity index (χ2n) is 3.33. The highest BCUT2D eigenvalue weighted by Gasteiger charge is 2.00. The molecule has 2 aromatic rings. The minimum absolute atomic E-state index is 0.711. The lowest BCUT2D eigenvalue weighted by molar-refractivity contribution is 1.61. The van der Waals surface area contributed by atoms with E-state index in [1.807, 2.05) is 54.6 Å². The molecule has 0 radical (unpaired) electrons. The molecule has 0 spiro atoms. The summed E-state index contributed by atoms with van der Waals surface area (Å²) in [5, 5.41) is 3.88. The summed E-state index contributed by atoms with van der Waals surface area (Å²) in [4.78, 5) is 0.711. The lowest BCUT2D eigenvalue weighted by Gasteiger charge is -2.07. The normalized spacial score (nSPS) is 9.81. The molecule has 0 saturated carbocycles. The Bertz CT molecular complexity index is 479. The zero-order valence-electron chi connectivity index (χ0n) is 8.48. The molecule has 0 aliphatic heterocycles. The molecule has 1 N–H and O–H groups in total. The van der Waals surface area contributed by atoms with E-state index < -0.39 is 0 Å². The van der Waals surface area contributed by atoms with Gasteiger partial charge in [-0.1, -0.05) is 54.2 Å². The molecule has 0 bridgehead atoms. The largest absolute Gasteiger partial charge is 0.346 e. The molecule has 0 aromatic heterocycles. The average molecular weight is 248 g/mol. The number of hydrogen-bond acceptors (Lipinski definition) is 1. The fourth-order valence-electron chi connectivity index (χ4n) is 1.33. The van der Waals surface area contributed by atoms with E-state index in [1.165, 1.54) is 0 Å². The van der Waals surface area contributed by atoms with E-state index in [4.69, 9.17) is 23.8 Å². The van der Waals surface area contributed by atoms with E-state index >= 15 is 0 Å². The summed E-state index contributed by atoms with van der Waals surface area (Å²) in [5.74, 6) is 0. The second-order valence-corrected chi connectivity index (χ2v) is 4.17. The monoisotopic (exact) mass is 247 g/mol. The topological polar surface area (TPSA) is 12.0 Å². The second kappa shape index (κ2) is 5.10. The van der Waals surface area contributed by atoms with Gasteiger partial charge >= 0.3 is 0 Å². The fraction of sp³-hybridized carbons (Fsp3) is 0. The van der Waals surface area contributed by atoms with Gasteiger partial charge in [-0.3, -0.25) is 0 Å². The Hall–Kier alpha value is -1.38. The van der Waals surface area contributed by atoms with Crippen LogP contribution >= 0.6 is 23.8 Å². The predicted octanol–water partition coefficient (Wildman–Crippen LogP) is 4.13. The number of nitrogens with one attached hydrogen (secondary N) is 1. The summed E-state index contributed by atoms with van der Waals surface area (Å²) in [6.07, 6.45) is 0. The lowest BCUT2D eigenvalue weighted by atomic mass is 10.2. The minimum Gasteiger partial charge on any atom is -0.346 e. The molecule has 0 fully saturated rings. The molecule has 1 nitrogen and oxygen atoms in total. The summed E-state index contributed by atoms with van der Waals surface area (Å²) < 4.78 is 0. The van der Waals surface area contributed by atoms with Gasteiger partial charge in [0.2, 0.25) is 0 Å². The van der Waals surface area contributed by atoms with Crippen LogP contribution in [-0.4, -0.2) is 4.99 Å². The van der Waals surface area contributed by atoms with Crippen LogP contribution < -0.4 is 5.32 Å². The molecule has 16 heavy (non-hydrogen) atoms. The van der Waals surface area contributed by atoms with Crippen molar-refractivity contribution in [3.63, 3.8) is 0 Å². The third-order valence-corrected chi connectivity index (χ3v) is 2.73. The molecule has 2 aromatic carbocycles. The van der Waals surface area contributed by atoms with Crippen molar-refractivity contribution < 1.29 is 0 Å². The fourth-order valence-corrected chi connectivity index (χ4v) is 1.71. The predicted molar refractivity (Wildman–Crippen MR) is 73.2 cm³/mol. The Labute approximate surface area is 105 Å². The molecule has 0 unspecified atom stereocenters. The maximum atomic E-state index is 5.80. The van der Waals surface area contributed by atoms with Crippen LogP contribution in [0.25, 0.3) is 0 Å². The van der Waals surface area contributed by atoms with Gasteiger partial charge in [-0.25, -0.2) is 0 Å². The maximum absolute atomic E-state index is 5.80. The summed E-state index contributed by atoms with van der Waals surface area (Å²) in [6, 6.07) is 17.3. The van der Waals surface area contributed by atoms with Gasteiger partial charge in [0.1, 0.15) is 4.99 Å². The molecule has 3 heteroatoms. The Morgan fingerprint density at radius 3 is 2.19 bits per heavy atom. The number of halogens is 1. The molecule has 0 amide bonds. The highest BCUT2D eigenvalue weighted by Crippen LogP contribution is 2.14. The number of hydrogen-bond donors (Lipinski definition) is 1. The van der Waals surface area contributed by atoms with Gasteiger partial charge in [0.25, 0.3) is 0 Å². The number of thiocarbonyl (C=S) groups is 1. The smallest absolute Gasteiger partial charge is 0.110 e. The third kappa shape index (κ3) is 2.81. The molecule has 2 rings (SSSR count). The van der Waals surface area contributed by atoms with Crippen LogP contribution in [0.15, 0.2) is 54.6 Å². The number of benzene rings is 2. The lowest BCUT2D eigenvalue weighted by Crippen LogP contribution is -2.09. The Morgan fingerprint density at radius 1 is 0.938 bits per heavy atom. The van der Waals surface area contributed by atoms with Gasteiger partial charge in [-0.05, 0) is 24.3 Å². The van der Waals surface area contributed by atoms with Crippen molar-refractivity contribution in [2.45, 2.75) is 0 Å². The van der Waals surface area contributed by atoms with Crippen molar-refractivity contribution in [1.29, 1.82) is 0 Å². The SMILES string of the molecule is S=C(Nc1ccc(Cl)cc1)c1ccccc1. The van der Waals surface area contributed by atoms with E-state index in [-0.39, 0.29) is 0 Å². The van der Waals surface area contributed by atoms with Crippen molar-refractivity contribution in [2.75, 3.05) is 5.32 Å². The number of anilines is 1. The Morgan fingerprint density at radius 2 is 1.56 bits per heavy atom. The van der Waals surface area contributed by atoms with E-state index in [0.29, 0.717) is 4.99 Å². The van der Waals surface area contributed by atoms with Crippen molar-refractivity contribution in [2.24, 2.45) is 0 Å². The summed E-state index contributed by atoms with van der Waals surface area (Å²) in [6.45, 7) is 0.